The van der Waals surface area contributed by atoms with Crippen LogP contribution in [0.15, 0.2) is 17.8 Å². The Bertz CT molecular complexity index is 443. The van der Waals surface area contributed by atoms with Crippen LogP contribution < -0.4 is 0 Å². The molecule has 0 fully saturated rings. The average molecular weight is 235 g/mol. The first-order valence-corrected chi connectivity index (χ1v) is 4.53. The van der Waals surface area contributed by atoms with Crippen LogP contribution in [0.2, 0.25) is 5.15 Å². The Hall–Kier alpha value is -1.23. The molecule has 2 rings (SSSR count). The third kappa shape index (κ3) is 2.07. The lowest BCUT2D eigenvalue weighted by molar-refractivity contribution is -0.0921. The molecule has 0 atom stereocenters. The van der Waals surface area contributed by atoms with E-state index < -0.39 is 11.7 Å². The van der Waals surface area contributed by atoms with Crippen molar-refractivity contribution in [3.8, 4) is 0 Å². The van der Waals surface area contributed by atoms with Crippen LogP contribution in [-0.4, -0.2) is 15.7 Å². The zero-order valence-corrected chi connectivity index (χ0v) is 8.18. The van der Waals surface area contributed by atoms with Crippen molar-refractivity contribution in [1.82, 2.24) is 9.55 Å². The molecule has 6 heteroatoms. The predicted molar refractivity (Wildman–Crippen MR) is 51.2 cm³/mol. The zero-order chi connectivity index (χ0) is 11.1. The molecule has 0 saturated carbocycles. The first-order valence-electron chi connectivity index (χ1n) is 4.15. The molecule has 1 aliphatic heterocycles. The molecule has 0 unspecified atom stereocenters. The number of aromatic nitrogens is 2. The summed E-state index contributed by atoms with van der Waals surface area (Å²) in [6.45, 7) is 0. The lowest BCUT2D eigenvalue weighted by Crippen LogP contribution is -2.11. The third-order valence-electron chi connectivity index (χ3n) is 2.00. The van der Waals surface area contributed by atoms with Gasteiger partial charge in [-0.3, -0.25) is 0 Å². The number of nitrogens with zero attached hydrogens (tertiary/aromatic N) is 2. The number of hydrogen-bond acceptors (Lipinski definition) is 1. The third-order valence-corrected chi connectivity index (χ3v) is 2.18. The molecule has 0 bridgehead atoms. The van der Waals surface area contributed by atoms with E-state index in [1.807, 2.05) is 0 Å². The fourth-order valence-corrected chi connectivity index (χ4v) is 1.50. The monoisotopic (exact) mass is 234 g/mol. The Kier molecular flexibility index (Phi) is 2.34. The molecule has 0 aliphatic carbocycles. The summed E-state index contributed by atoms with van der Waals surface area (Å²) in [7, 11) is 0. The molecule has 2 nitrogen and oxygen atoms in total. The van der Waals surface area contributed by atoms with Crippen LogP contribution in [0.3, 0.4) is 0 Å². The number of alkyl halides is 3. The minimum atomic E-state index is -4.32. The summed E-state index contributed by atoms with van der Waals surface area (Å²) in [6, 6.07) is 0. The van der Waals surface area contributed by atoms with Gasteiger partial charge in [-0.05, 0) is 12.5 Å². The number of hydrogen-bond donors (Lipinski definition) is 0. The molecule has 1 aromatic heterocycles. The fraction of sp³-hybridized carbons (Fsp3) is 0.222. The van der Waals surface area contributed by atoms with E-state index in [1.165, 1.54) is 22.9 Å². The molecule has 1 aromatic rings. The van der Waals surface area contributed by atoms with Gasteiger partial charge in [-0.2, -0.15) is 13.2 Å². The van der Waals surface area contributed by atoms with Gasteiger partial charge in [-0.15, -0.1) is 0 Å². The van der Waals surface area contributed by atoms with Gasteiger partial charge in [0.25, 0.3) is 0 Å². The summed E-state index contributed by atoms with van der Waals surface area (Å²) in [5.74, 6) is 0.402. The summed E-state index contributed by atoms with van der Waals surface area (Å²) < 4.78 is 38.6. The van der Waals surface area contributed by atoms with Crippen LogP contribution in [0.1, 0.15) is 12.2 Å². The maximum atomic E-state index is 12.5. The average Bonchev–Trinajstić information content (AvgIpc) is 2.30. The van der Waals surface area contributed by atoms with E-state index in [1.54, 1.807) is 0 Å². The van der Waals surface area contributed by atoms with Crippen LogP contribution in [0, 0.1) is 0 Å². The Balaban J connectivity index is 2.48. The second-order valence-electron chi connectivity index (χ2n) is 3.09. The Morgan fingerprint density at radius 3 is 2.80 bits per heavy atom. The van der Waals surface area contributed by atoms with Crippen molar-refractivity contribution in [2.45, 2.75) is 12.6 Å². The summed E-state index contributed by atoms with van der Waals surface area (Å²) in [4.78, 5) is 3.86. The molecule has 15 heavy (non-hydrogen) atoms. The number of halogens is 4. The molecule has 80 valence electrons. The molecule has 0 aromatic carbocycles. The largest absolute Gasteiger partial charge is 0.414 e. The second-order valence-corrected chi connectivity index (χ2v) is 3.47. The summed E-state index contributed by atoms with van der Waals surface area (Å²) in [5.41, 5.74) is -0.619. The molecule has 0 N–H and O–H groups in total. The van der Waals surface area contributed by atoms with E-state index >= 15 is 0 Å². The van der Waals surface area contributed by atoms with Gasteiger partial charge in [-0.25, -0.2) is 4.98 Å². The van der Waals surface area contributed by atoms with Gasteiger partial charge < -0.3 is 4.57 Å². The summed E-state index contributed by atoms with van der Waals surface area (Å²) in [6.07, 6.45) is 0.822. The highest BCUT2D eigenvalue weighted by atomic mass is 35.5. The van der Waals surface area contributed by atoms with Crippen molar-refractivity contribution < 1.29 is 13.2 Å². The second kappa shape index (κ2) is 3.41. The predicted octanol–water partition coefficient (Wildman–Crippen LogP) is 3.36. The van der Waals surface area contributed by atoms with E-state index in [-0.39, 0.29) is 11.6 Å². The lowest BCUT2D eigenvalue weighted by Gasteiger charge is -2.08. The standard InChI is InChI=1S/C9H6ClF3N2/c10-7-5-15-4-6(9(11,12)13)2-1-3-8(15)14-7/h1,3-5H,2H2. The van der Waals surface area contributed by atoms with Crippen molar-refractivity contribution >= 4 is 23.9 Å². The number of imidazole rings is 1. The van der Waals surface area contributed by atoms with Gasteiger partial charge in [0.15, 0.2) is 0 Å². The van der Waals surface area contributed by atoms with E-state index in [0.29, 0.717) is 5.82 Å². The Morgan fingerprint density at radius 2 is 2.13 bits per heavy atom. The van der Waals surface area contributed by atoms with Gasteiger partial charge in [0, 0.05) is 12.4 Å². The molecular weight excluding hydrogens is 229 g/mol. The van der Waals surface area contributed by atoms with Crippen LogP contribution in [0.5, 0.6) is 0 Å². The fourth-order valence-electron chi connectivity index (χ4n) is 1.30. The van der Waals surface area contributed by atoms with Crippen molar-refractivity contribution in [1.29, 1.82) is 0 Å². The zero-order valence-electron chi connectivity index (χ0n) is 7.42. The van der Waals surface area contributed by atoms with E-state index in [2.05, 4.69) is 4.98 Å². The van der Waals surface area contributed by atoms with E-state index in [4.69, 9.17) is 11.6 Å². The summed E-state index contributed by atoms with van der Waals surface area (Å²) >= 11 is 5.59. The number of fused-ring (bicyclic) bond motifs is 1. The normalized spacial score (nSPS) is 15.9. The minimum Gasteiger partial charge on any atom is -0.305 e. The topological polar surface area (TPSA) is 17.8 Å². The number of allylic oxidation sites excluding steroid dienone is 2. The highest BCUT2D eigenvalue weighted by Crippen LogP contribution is 2.31. The van der Waals surface area contributed by atoms with Gasteiger partial charge in [-0.1, -0.05) is 17.7 Å². The smallest absolute Gasteiger partial charge is 0.305 e. The first-order chi connectivity index (χ1) is 6.97. The Labute approximate surface area is 88.7 Å². The van der Waals surface area contributed by atoms with Crippen molar-refractivity contribution in [2.24, 2.45) is 0 Å². The minimum absolute atomic E-state index is 0.148. The lowest BCUT2D eigenvalue weighted by atomic mass is 10.2. The highest BCUT2D eigenvalue weighted by Gasteiger charge is 2.33. The van der Waals surface area contributed by atoms with E-state index in [0.717, 1.165) is 6.20 Å². The van der Waals surface area contributed by atoms with Crippen LogP contribution >= 0.6 is 11.6 Å². The van der Waals surface area contributed by atoms with Gasteiger partial charge in [0.1, 0.15) is 11.0 Å². The van der Waals surface area contributed by atoms with Crippen molar-refractivity contribution in [2.75, 3.05) is 0 Å². The summed E-state index contributed by atoms with van der Waals surface area (Å²) in [5, 5.41) is 0.175. The van der Waals surface area contributed by atoms with Crippen molar-refractivity contribution in [3.05, 3.63) is 28.8 Å². The van der Waals surface area contributed by atoms with Crippen molar-refractivity contribution in [3.63, 3.8) is 0 Å². The molecular formula is C9H6ClF3N2. The van der Waals surface area contributed by atoms with Gasteiger partial charge in [0.05, 0.1) is 5.57 Å². The molecule has 2 heterocycles. The van der Waals surface area contributed by atoms with Gasteiger partial charge in [0.2, 0.25) is 0 Å². The van der Waals surface area contributed by atoms with E-state index in [9.17, 15) is 13.2 Å². The highest BCUT2D eigenvalue weighted by molar-refractivity contribution is 6.29. The van der Waals surface area contributed by atoms with Crippen LogP contribution in [-0.2, 0) is 0 Å². The molecule has 0 amide bonds. The van der Waals surface area contributed by atoms with Crippen LogP contribution in [0.4, 0.5) is 13.2 Å². The Morgan fingerprint density at radius 1 is 1.40 bits per heavy atom. The maximum absolute atomic E-state index is 12.5. The first kappa shape index (κ1) is 10.3. The molecule has 0 saturated heterocycles. The quantitative estimate of drug-likeness (QED) is 0.673. The number of rotatable bonds is 0. The van der Waals surface area contributed by atoms with Crippen LogP contribution in [0.25, 0.3) is 12.3 Å². The molecule has 0 spiro atoms. The van der Waals surface area contributed by atoms with Gasteiger partial charge >= 0.3 is 6.18 Å². The molecule has 1 aliphatic rings. The molecule has 0 radical (unpaired) electrons. The maximum Gasteiger partial charge on any atom is 0.414 e. The SMILES string of the molecule is FC(F)(F)C1=Cn2cc(Cl)nc2C=CC1.